The standard InChI is InChI=1S/C18H22N2O4/c1-3-5-10-19-12-8-6-11(7-9-12)15-13(4-2)16(21)14(18(23)24)17(22)20-15/h6-9,19H,3-5,10H2,1-2H3,(H,23,24)(H2,20,21,22). The monoisotopic (exact) mass is 330 g/mol. The van der Waals surface area contributed by atoms with Crippen LogP contribution in [0, 0.1) is 0 Å². The minimum absolute atomic E-state index is 0.398. The summed E-state index contributed by atoms with van der Waals surface area (Å²) in [4.78, 5) is 25.7. The van der Waals surface area contributed by atoms with Gasteiger partial charge in [0.05, 0.1) is 5.69 Å². The number of anilines is 1. The van der Waals surface area contributed by atoms with E-state index in [9.17, 15) is 14.7 Å². The Kier molecular flexibility index (Phi) is 5.63. The SMILES string of the molecule is CCCCNc1ccc(-c2[nH]c(=O)c(C(=O)O)c(O)c2CC)cc1. The Balaban J connectivity index is 2.41. The van der Waals surface area contributed by atoms with E-state index in [1.54, 1.807) is 6.92 Å². The number of nitrogens with one attached hydrogen (secondary N) is 2. The van der Waals surface area contributed by atoms with Crippen LogP contribution in [0.15, 0.2) is 29.1 Å². The smallest absolute Gasteiger partial charge is 0.345 e. The first-order chi connectivity index (χ1) is 11.5. The summed E-state index contributed by atoms with van der Waals surface area (Å²) in [6, 6.07) is 7.45. The average Bonchev–Trinajstić information content (AvgIpc) is 2.55. The molecule has 0 aliphatic heterocycles. The summed E-state index contributed by atoms with van der Waals surface area (Å²) < 4.78 is 0. The third kappa shape index (κ3) is 3.59. The van der Waals surface area contributed by atoms with E-state index in [0.29, 0.717) is 17.7 Å². The van der Waals surface area contributed by atoms with Crippen LogP contribution >= 0.6 is 0 Å². The van der Waals surface area contributed by atoms with E-state index in [0.717, 1.165) is 30.6 Å². The van der Waals surface area contributed by atoms with Crippen LogP contribution in [-0.4, -0.2) is 27.7 Å². The van der Waals surface area contributed by atoms with Crippen LogP contribution in [0.1, 0.15) is 42.6 Å². The normalized spacial score (nSPS) is 10.6. The number of aromatic amines is 1. The molecule has 0 fully saturated rings. The molecule has 1 aromatic heterocycles. The molecule has 0 radical (unpaired) electrons. The van der Waals surface area contributed by atoms with Crippen LogP contribution in [-0.2, 0) is 6.42 Å². The maximum absolute atomic E-state index is 12.0. The third-order valence-electron chi connectivity index (χ3n) is 3.89. The molecule has 2 rings (SSSR count). The van der Waals surface area contributed by atoms with E-state index in [2.05, 4.69) is 17.2 Å². The first kappa shape index (κ1) is 17.6. The van der Waals surface area contributed by atoms with E-state index in [4.69, 9.17) is 5.11 Å². The second-order valence-corrected chi connectivity index (χ2v) is 5.55. The molecule has 6 nitrogen and oxygen atoms in total. The average molecular weight is 330 g/mol. The van der Waals surface area contributed by atoms with E-state index in [1.165, 1.54) is 0 Å². The lowest BCUT2D eigenvalue weighted by Gasteiger charge is -2.13. The fourth-order valence-electron chi connectivity index (χ4n) is 2.58. The lowest BCUT2D eigenvalue weighted by molar-refractivity contribution is 0.0691. The van der Waals surface area contributed by atoms with Gasteiger partial charge in [0.1, 0.15) is 5.75 Å². The van der Waals surface area contributed by atoms with Gasteiger partial charge in [-0.1, -0.05) is 32.4 Å². The van der Waals surface area contributed by atoms with Crippen LogP contribution < -0.4 is 10.9 Å². The van der Waals surface area contributed by atoms with E-state index in [-0.39, 0.29) is 0 Å². The van der Waals surface area contributed by atoms with Gasteiger partial charge in [-0.3, -0.25) is 4.79 Å². The topological polar surface area (TPSA) is 102 Å². The van der Waals surface area contributed by atoms with Crippen molar-refractivity contribution in [2.75, 3.05) is 11.9 Å². The zero-order valence-corrected chi connectivity index (χ0v) is 13.8. The number of rotatable bonds is 7. The summed E-state index contributed by atoms with van der Waals surface area (Å²) in [5.74, 6) is -1.90. The Morgan fingerprint density at radius 3 is 2.42 bits per heavy atom. The van der Waals surface area contributed by atoms with Crippen LogP contribution in [0.3, 0.4) is 0 Å². The largest absolute Gasteiger partial charge is 0.506 e. The zero-order chi connectivity index (χ0) is 17.7. The summed E-state index contributed by atoms with van der Waals surface area (Å²) in [6.45, 7) is 4.81. The molecular formula is C18H22N2O4. The van der Waals surface area contributed by atoms with Crippen molar-refractivity contribution in [1.29, 1.82) is 0 Å². The molecule has 0 atom stereocenters. The molecule has 1 heterocycles. The molecule has 2 aromatic rings. The molecule has 4 N–H and O–H groups in total. The van der Waals surface area contributed by atoms with E-state index < -0.39 is 22.8 Å². The lowest BCUT2D eigenvalue weighted by atomic mass is 10.0. The Morgan fingerprint density at radius 1 is 1.21 bits per heavy atom. The van der Waals surface area contributed by atoms with Gasteiger partial charge in [0.2, 0.25) is 0 Å². The molecule has 0 unspecified atom stereocenters. The number of carboxylic acids is 1. The molecule has 0 saturated heterocycles. The van der Waals surface area contributed by atoms with Crippen molar-refractivity contribution in [1.82, 2.24) is 4.98 Å². The summed E-state index contributed by atoms with van der Waals surface area (Å²) >= 11 is 0. The molecule has 24 heavy (non-hydrogen) atoms. The van der Waals surface area contributed by atoms with Crippen LogP contribution in [0.5, 0.6) is 5.75 Å². The molecule has 1 aromatic carbocycles. The van der Waals surface area contributed by atoms with Gasteiger partial charge in [-0.25, -0.2) is 4.79 Å². The molecular weight excluding hydrogens is 308 g/mol. The van der Waals surface area contributed by atoms with Gasteiger partial charge >= 0.3 is 5.97 Å². The van der Waals surface area contributed by atoms with Crippen LogP contribution in [0.4, 0.5) is 5.69 Å². The Morgan fingerprint density at radius 2 is 1.88 bits per heavy atom. The maximum Gasteiger partial charge on any atom is 0.345 e. The van der Waals surface area contributed by atoms with Crippen molar-refractivity contribution in [3.63, 3.8) is 0 Å². The van der Waals surface area contributed by atoms with Crippen molar-refractivity contribution in [2.24, 2.45) is 0 Å². The van der Waals surface area contributed by atoms with Crippen molar-refractivity contribution >= 4 is 11.7 Å². The first-order valence-electron chi connectivity index (χ1n) is 8.05. The predicted octanol–water partition coefficient (Wildman–Crippen LogP) is 3.22. The summed E-state index contributed by atoms with van der Waals surface area (Å²) in [6.07, 6.45) is 2.59. The predicted molar refractivity (Wildman–Crippen MR) is 93.9 cm³/mol. The Labute approximate surface area is 140 Å². The quantitative estimate of drug-likeness (QED) is 0.584. The number of aromatic nitrogens is 1. The van der Waals surface area contributed by atoms with E-state index in [1.807, 2.05) is 24.3 Å². The van der Waals surface area contributed by atoms with Gasteiger partial charge in [0, 0.05) is 17.8 Å². The molecule has 0 saturated carbocycles. The van der Waals surface area contributed by atoms with Crippen LogP contribution in [0.25, 0.3) is 11.3 Å². The van der Waals surface area contributed by atoms with Gasteiger partial charge in [0.25, 0.3) is 5.56 Å². The molecule has 0 spiro atoms. The van der Waals surface area contributed by atoms with Crippen molar-refractivity contribution in [3.8, 4) is 17.0 Å². The van der Waals surface area contributed by atoms with Gasteiger partial charge in [-0.15, -0.1) is 0 Å². The molecule has 128 valence electrons. The molecule has 0 aliphatic rings. The summed E-state index contributed by atoms with van der Waals surface area (Å²) in [5.41, 5.74) is 1.13. The third-order valence-corrected chi connectivity index (χ3v) is 3.89. The molecule has 0 amide bonds. The van der Waals surface area contributed by atoms with Crippen molar-refractivity contribution in [3.05, 3.63) is 45.7 Å². The van der Waals surface area contributed by atoms with Gasteiger partial charge in [-0.2, -0.15) is 0 Å². The summed E-state index contributed by atoms with van der Waals surface area (Å²) in [5, 5.41) is 22.5. The molecule has 0 bridgehead atoms. The number of aromatic carboxylic acids is 1. The number of carbonyl (C=O) groups is 1. The molecule has 0 aliphatic carbocycles. The highest BCUT2D eigenvalue weighted by Crippen LogP contribution is 2.30. The highest BCUT2D eigenvalue weighted by Gasteiger charge is 2.21. The first-order valence-corrected chi connectivity index (χ1v) is 8.05. The Hall–Kier alpha value is -2.76. The maximum atomic E-state index is 12.0. The second-order valence-electron chi connectivity index (χ2n) is 5.55. The van der Waals surface area contributed by atoms with Gasteiger partial charge in [0.15, 0.2) is 5.56 Å². The number of pyridine rings is 1. The van der Waals surface area contributed by atoms with Gasteiger partial charge < -0.3 is 20.5 Å². The zero-order valence-electron chi connectivity index (χ0n) is 13.8. The highest BCUT2D eigenvalue weighted by atomic mass is 16.4. The minimum atomic E-state index is -1.44. The fourth-order valence-corrected chi connectivity index (χ4v) is 2.58. The number of hydrogen-bond acceptors (Lipinski definition) is 4. The minimum Gasteiger partial charge on any atom is -0.506 e. The van der Waals surface area contributed by atoms with Crippen LogP contribution in [0.2, 0.25) is 0 Å². The number of carboxylic acid groups (broad SMARTS) is 1. The van der Waals surface area contributed by atoms with Crippen molar-refractivity contribution in [2.45, 2.75) is 33.1 Å². The molecule has 6 heteroatoms. The van der Waals surface area contributed by atoms with Gasteiger partial charge in [-0.05, 0) is 30.5 Å². The Bertz CT molecular complexity index is 779. The number of unbranched alkanes of at least 4 members (excludes halogenated alkanes) is 1. The number of H-pyrrole nitrogens is 1. The number of aromatic hydroxyl groups is 1. The second kappa shape index (κ2) is 7.68. The number of hydrogen-bond donors (Lipinski definition) is 4. The number of benzene rings is 1. The fraction of sp³-hybridized carbons (Fsp3) is 0.333. The lowest BCUT2D eigenvalue weighted by Crippen LogP contribution is -2.20. The van der Waals surface area contributed by atoms with Crippen molar-refractivity contribution < 1.29 is 15.0 Å². The summed E-state index contributed by atoms with van der Waals surface area (Å²) in [7, 11) is 0. The van der Waals surface area contributed by atoms with E-state index >= 15 is 0 Å². The highest BCUT2D eigenvalue weighted by molar-refractivity contribution is 5.91.